The van der Waals surface area contributed by atoms with Crippen molar-refractivity contribution in [1.82, 2.24) is 39.0 Å². The summed E-state index contributed by atoms with van der Waals surface area (Å²) >= 11 is 1.32. The first-order valence-corrected chi connectivity index (χ1v) is 17.3. The van der Waals surface area contributed by atoms with Crippen LogP contribution in [0, 0.1) is 5.92 Å². The highest BCUT2D eigenvalue weighted by molar-refractivity contribution is 7.98. The van der Waals surface area contributed by atoms with Crippen LogP contribution in [0.15, 0.2) is 40.9 Å². The normalized spacial score (nSPS) is 27.0. The number of ether oxygens (including phenoxy) is 1. The average Bonchev–Trinajstić information content (AvgIpc) is 3.72. The molecule has 0 spiro atoms. The first-order chi connectivity index (χ1) is 22.0. The lowest BCUT2D eigenvalue weighted by Gasteiger charge is -2.31. The zero-order chi connectivity index (χ0) is 32.7. The van der Waals surface area contributed by atoms with Gasteiger partial charge in [-0.25, -0.2) is 29.5 Å². The smallest absolute Gasteiger partial charge is 0.407 e. The molecule has 4 aromatic heterocycles. The molecule has 0 bridgehead atoms. The van der Waals surface area contributed by atoms with Gasteiger partial charge in [0.05, 0.1) is 31.1 Å². The number of H-pyrrole nitrogens is 1. The van der Waals surface area contributed by atoms with E-state index in [9.17, 15) is 39.0 Å². The van der Waals surface area contributed by atoms with Gasteiger partial charge in [-0.15, -0.1) is 21.2 Å². The average molecular weight is 702 g/mol. The standard InChI is InChI=1S/C23H26N8O12P2S/c1-46-22-16-20(25-7-27-22)31(9-29-16)23-17(34)18(42-44(36)37)14(41-23)5-40-45(38,39)43-13-3-12(33)10(4-32)2-11(13)30-8-28-15-19(30)24-6-26-21(15)35/h6-10,12,14,17-18,23,32-34H,2-5H2,1H3,(H2-,24,26,35,36,37,38,39)/p+1. The third-order valence-corrected chi connectivity index (χ3v) is 9.56. The number of aliphatic hydroxyl groups is 3. The van der Waals surface area contributed by atoms with Crippen LogP contribution in [-0.2, 0) is 27.4 Å². The molecule has 2 aliphatic rings. The van der Waals surface area contributed by atoms with E-state index >= 15 is 0 Å². The summed E-state index contributed by atoms with van der Waals surface area (Å²) in [4.78, 5) is 55.5. The molecule has 1 fully saturated rings. The molecule has 20 nitrogen and oxygen atoms in total. The second kappa shape index (κ2) is 13.1. The van der Waals surface area contributed by atoms with E-state index in [4.69, 9.17) is 18.3 Å². The number of nitrogens with one attached hydrogen (secondary N) is 1. The lowest BCUT2D eigenvalue weighted by Crippen LogP contribution is -2.35. The SMILES string of the molecule is CSc1ncnc2c1ncn2C1OC(COP(=O)(O)OC2=C(n3cnc4c(=O)[nH]cnc43)CC(CO)C(O)C2)C(O[P+](=O)O)C1O. The number of nitrogens with zero attached hydrogens (tertiary/aromatic N) is 7. The van der Waals surface area contributed by atoms with Crippen molar-refractivity contribution >= 4 is 55.9 Å². The number of hydrogen-bond acceptors (Lipinski definition) is 16. The topological polar surface area (TPSA) is 279 Å². The fourth-order valence-electron chi connectivity index (χ4n) is 5.34. The number of phosphoric acid groups is 1. The van der Waals surface area contributed by atoms with Gasteiger partial charge in [-0.3, -0.25) is 23.3 Å². The number of rotatable bonds is 11. The van der Waals surface area contributed by atoms with Gasteiger partial charge in [0.2, 0.25) is 0 Å². The molecule has 0 radical (unpaired) electrons. The molecule has 0 aromatic carbocycles. The van der Waals surface area contributed by atoms with Crippen molar-refractivity contribution in [2.75, 3.05) is 19.5 Å². The van der Waals surface area contributed by atoms with Gasteiger partial charge in [0.25, 0.3) is 5.56 Å². The predicted octanol–water partition coefficient (Wildman–Crippen LogP) is 0.0400. The number of aliphatic hydroxyl groups excluding tert-OH is 3. The molecule has 0 saturated carbocycles. The molecule has 23 heteroatoms. The van der Waals surface area contributed by atoms with Crippen LogP contribution in [0.25, 0.3) is 28.0 Å². The number of thioether (sulfide) groups is 1. The summed E-state index contributed by atoms with van der Waals surface area (Å²) < 4.78 is 49.1. The summed E-state index contributed by atoms with van der Waals surface area (Å²) in [6.45, 7) is -1.18. The van der Waals surface area contributed by atoms with Crippen molar-refractivity contribution in [3.8, 4) is 0 Å². The third kappa shape index (κ3) is 6.24. The quantitative estimate of drug-likeness (QED) is 0.0684. The number of allylic oxidation sites excluding steroid dienone is 1. The van der Waals surface area contributed by atoms with Crippen molar-refractivity contribution in [1.29, 1.82) is 0 Å². The molecular formula is C23H27N8O12P2S+. The summed E-state index contributed by atoms with van der Waals surface area (Å²) in [5.74, 6) is -0.879. The van der Waals surface area contributed by atoms with E-state index in [1.54, 1.807) is 6.26 Å². The summed E-state index contributed by atoms with van der Waals surface area (Å²) in [7, 11) is -8.28. The Balaban J connectivity index is 1.26. The first-order valence-electron chi connectivity index (χ1n) is 13.5. The number of fused-ring (bicyclic) bond motifs is 2. The summed E-state index contributed by atoms with van der Waals surface area (Å²) in [6, 6.07) is 0. The Labute approximate surface area is 262 Å². The van der Waals surface area contributed by atoms with Gasteiger partial charge in [0.15, 0.2) is 29.1 Å². The number of aromatic amines is 1. The van der Waals surface area contributed by atoms with E-state index in [0.717, 1.165) is 6.33 Å². The van der Waals surface area contributed by atoms with Crippen LogP contribution in [0.1, 0.15) is 19.1 Å². The Hall–Kier alpha value is -3.20. The monoisotopic (exact) mass is 701 g/mol. The molecule has 246 valence electrons. The van der Waals surface area contributed by atoms with Gasteiger partial charge in [0.1, 0.15) is 41.2 Å². The number of aromatic nitrogens is 8. The fraction of sp³-hybridized carbons (Fsp3) is 0.478. The van der Waals surface area contributed by atoms with Crippen molar-refractivity contribution < 1.29 is 52.5 Å². The molecule has 4 aromatic rings. The largest absolute Gasteiger partial charge is 0.695 e. The van der Waals surface area contributed by atoms with Crippen LogP contribution >= 0.6 is 27.8 Å². The maximum Gasteiger partial charge on any atom is 0.695 e. The molecule has 8 atom stereocenters. The molecule has 0 amide bonds. The second-order valence-electron chi connectivity index (χ2n) is 10.2. The molecule has 46 heavy (non-hydrogen) atoms. The van der Waals surface area contributed by atoms with Crippen LogP contribution in [0.2, 0.25) is 0 Å². The Morgan fingerprint density at radius 3 is 2.67 bits per heavy atom. The number of hydrogen-bond donors (Lipinski definition) is 6. The minimum atomic E-state index is -5.04. The highest BCUT2D eigenvalue weighted by Crippen LogP contribution is 2.50. The van der Waals surface area contributed by atoms with Gasteiger partial charge in [-0.05, 0) is 12.7 Å². The molecule has 1 saturated heterocycles. The van der Waals surface area contributed by atoms with Crippen LogP contribution in [0.5, 0.6) is 0 Å². The van der Waals surface area contributed by atoms with E-state index in [1.165, 1.54) is 39.9 Å². The lowest BCUT2D eigenvalue weighted by molar-refractivity contribution is -0.0503. The minimum Gasteiger partial charge on any atom is -0.407 e. The van der Waals surface area contributed by atoms with E-state index in [0.29, 0.717) is 10.5 Å². The maximum absolute atomic E-state index is 13.2. The Morgan fingerprint density at radius 1 is 1.15 bits per heavy atom. The van der Waals surface area contributed by atoms with Crippen molar-refractivity contribution in [3.63, 3.8) is 0 Å². The van der Waals surface area contributed by atoms with Crippen molar-refractivity contribution in [3.05, 3.63) is 41.4 Å². The Morgan fingerprint density at radius 2 is 1.93 bits per heavy atom. The van der Waals surface area contributed by atoms with Gasteiger partial charge >= 0.3 is 16.1 Å². The summed E-state index contributed by atoms with van der Waals surface area (Å²) in [5, 5.41) is 32.0. The fourth-order valence-corrected chi connectivity index (χ4v) is 7.15. The highest BCUT2D eigenvalue weighted by Gasteiger charge is 2.51. The zero-order valence-electron chi connectivity index (χ0n) is 23.6. The Bertz CT molecular complexity index is 1920. The Kier molecular flexibility index (Phi) is 9.34. The van der Waals surface area contributed by atoms with Gasteiger partial charge in [-0.2, -0.15) is 0 Å². The molecule has 8 unspecified atom stereocenters. The van der Waals surface area contributed by atoms with Gasteiger partial charge in [-0.1, -0.05) is 0 Å². The minimum absolute atomic E-state index is 0.0222. The molecule has 6 N–H and O–H groups in total. The third-order valence-electron chi connectivity index (χ3n) is 7.52. The molecule has 1 aliphatic heterocycles. The van der Waals surface area contributed by atoms with Crippen LogP contribution in [0.3, 0.4) is 0 Å². The summed E-state index contributed by atoms with van der Waals surface area (Å²) in [6.07, 6.45) is -0.427. The zero-order valence-corrected chi connectivity index (χ0v) is 26.2. The number of imidazole rings is 2. The van der Waals surface area contributed by atoms with E-state index in [1.807, 2.05) is 0 Å². The second-order valence-corrected chi connectivity index (χ2v) is 13.1. The van der Waals surface area contributed by atoms with Crippen molar-refractivity contribution in [2.24, 2.45) is 5.92 Å². The maximum atomic E-state index is 13.2. The highest BCUT2D eigenvalue weighted by atomic mass is 32.2. The van der Waals surface area contributed by atoms with E-state index < -0.39 is 71.4 Å². The van der Waals surface area contributed by atoms with Crippen LogP contribution in [-0.4, -0.2) is 108 Å². The predicted molar refractivity (Wildman–Crippen MR) is 156 cm³/mol. The molecule has 6 rings (SSSR count). The van der Waals surface area contributed by atoms with Crippen LogP contribution < -0.4 is 5.56 Å². The van der Waals surface area contributed by atoms with Crippen LogP contribution in [0.4, 0.5) is 0 Å². The van der Waals surface area contributed by atoms with E-state index in [2.05, 4.69) is 29.9 Å². The van der Waals surface area contributed by atoms with E-state index in [-0.39, 0.29) is 41.1 Å². The first kappa shape index (κ1) is 32.7. The number of phosphoric ester groups is 1. The molecule has 1 aliphatic carbocycles. The summed E-state index contributed by atoms with van der Waals surface area (Å²) in [5.41, 5.74) is 0.432. The molecular weight excluding hydrogens is 674 g/mol. The molecule has 5 heterocycles. The van der Waals surface area contributed by atoms with Gasteiger partial charge in [0, 0.05) is 23.5 Å². The van der Waals surface area contributed by atoms with Gasteiger partial charge < -0.3 is 29.6 Å². The lowest BCUT2D eigenvalue weighted by atomic mass is 9.88. The van der Waals surface area contributed by atoms with Crippen molar-refractivity contribution in [2.45, 2.75) is 48.5 Å².